The van der Waals surface area contributed by atoms with Gasteiger partial charge in [-0.2, -0.15) is 0 Å². The molecule has 34 heavy (non-hydrogen) atoms. The first-order chi connectivity index (χ1) is 16.1. The van der Waals surface area contributed by atoms with Crippen molar-refractivity contribution in [1.29, 1.82) is 0 Å². The number of benzene rings is 1. The number of carbonyl (C=O) groups is 3. The van der Waals surface area contributed by atoms with E-state index in [2.05, 4.69) is 5.32 Å². The van der Waals surface area contributed by atoms with E-state index in [1.165, 1.54) is 4.90 Å². The van der Waals surface area contributed by atoms with Gasteiger partial charge in [0.15, 0.2) is 0 Å². The Labute approximate surface area is 200 Å². The van der Waals surface area contributed by atoms with E-state index in [-0.39, 0.29) is 37.4 Å². The van der Waals surface area contributed by atoms with Gasteiger partial charge >= 0.3 is 12.2 Å². The van der Waals surface area contributed by atoms with Crippen LogP contribution in [-0.2, 0) is 14.2 Å². The second kappa shape index (κ2) is 11.1. The van der Waals surface area contributed by atoms with E-state index in [0.717, 1.165) is 0 Å². The SMILES string of the molecule is C[C@H](CO)NC(=O)c1ccc(N2CC(COC3CCN(C(=O)OC(C)(C)C)CC3)OC2=O)cc1. The van der Waals surface area contributed by atoms with Crippen molar-refractivity contribution in [3.05, 3.63) is 29.8 Å². The molecule has 1 unspecified atom stereocenters. The number of ether oxygens (including phenoxy) is 3. The zero-order valence-corrected chi connectivity index (χ0v) is 20.3. The van der Waals surface area contributed by atoms with Crippen molar-refractivity contribution in [2.45, 2.75) is 64.4 Å². The minimum atomic E-state index is -0.520. The lowest BCUT2D eigenvalue weighted by atomic mass is 10.1. The van der Waals surface area contributed by atoms with Crippen LogP contribution >= 0.6 is 0 Å². The molecule has 2 N–H and O–H groups in total. The van der Waals surface area contributed by atoms with Gasteiger partial charge in [-0.25, -0.2) is 9.59 Å². The molecule has 1 aromatic carbocycles. The Morgan fingerprint density at radius 2 is 1.85 bits per heavy atom. The molecule has 0 aromatic heterocycles. The van der Waals surface area contributed by atoms with Crippen LogP contribution in [0.5, 0.6) is 0 Å². The third-order valence-electron chi connectivity index (χ3n) is 5.58. The monoisotopic (exact) mass is 477 g/mol. The van der Waals surface area contributed by atoms with Crippen LogP contribution in [0.25, 0.3) is 0 Å². The lowest BCUT2D eigenvalue weighted by molar-refractivity contribution is -0.0335. The van der Waals surface area contributed by atoms with Crippen LogP contribution < -0.4 is 10.2 Å². The summed E-state index contributed by atoms with van der Waals surface area (Å²) >= 11 is 0. The smallest absolute Gasteiger partial charge is 0.414 e. The molecule has 2 saturated heterocycles. The zero-order chi connectivity index (χ0) is 24.9. The number of piperidine rings is 1. The van der Waals surface area contributed by atoms with Crippen molar-refractivity contribution in [3.63, 3.8) is 0 Å². The molecule has 1 aromatic rings. The molecule has 2 aliphatic heterocycles. The summed E-state index contributed by atoms with van der Waals surface area (Å²) in [5, 5.41) is 11.7. The average molecular weight is 478 g/mol. The first kappa shape index (κ1) is 25.8. The van der Waals surface area contributed by atoms with Gasteiger partial charge in [0, 0.05) is 30.4 Å². The van der Waals surface area contributed by atoms with Crippen LogP contribution in [0.4, 0.5) is 15.3 Å². The number of amides is 3. The second-order valence-electron chi connectivity index (χ2n) is 9.72. The molecule has 0 aliphatic carbocycles. The fraction of sp³-hybridized carbons (Fsp3) is 0.625. The summed E-state index contributed by atoms with van der Waals surface area (Å²) in [6, 6.07) is 6.30. The maximum atomic E-state index is 12.4. The number of aliphatic hydroxyl groups excluding tert-OH is 1. The van der Waals surface area contributed by atoms with Crippen molar-refractivity contribution < 1.29 is 33.7 Å². The van der Waals surface area contributed by atoms with Crippen LogP contribution in [0.1, 0.15) is 50.9 Å². The zero-order valence-electron chi connectivity index (χ0n) is 20.3. The van der Waals surface area contributed by atoms with Gasteiger partial charge in [-0.05, 0) is 64.8 Å². The number of nitrogens with zero attached hydrogens (tertiary/aromatic N) is 2. The fourth-order valence-corrected chi connectivity index (χ4v) is 3.74. The van der Waals surface area contributed by atoms with E-state index in [1.807, 2.05) is 20.8 Å². The van der Waals surface area contributed by atoms with E-state index in [0.29, 0.717) is 43.7 Å². The van der Waals surface area contributed by atoms with Crippen LogP contribution in [-0.4, -0.2) is 84.8 Å². The number of likely N-dealkylation sites (tertiary alicyclic amines) is 1. The van der Waals surface area contributed by atoms with Crippen LogP contribution in [0, 0.1) is 0 Å². The van der Waals surface area contributed by atoms with Crippen LogP contribution in [0.2, 0.25) is 0 Å². The molecule has 0 radical (unpaired) electrons. The Morgan fingerprint density at radius 1 is 1.21 bits per heavy atom. The number of aliphatic hydroxyl groups is 1. The Morgan fingerprint density at radius 3 is 2.44 bits per heavy atom. The molecular formula is C24H35N3O7. The molecule has 10 heteroatoms. The first-order valence-corrected chi connectivity index (χ1v) is 11.6. The van der Waals surface area contributed by atoms with E-state index in [9.17, 15) is 14.4 Å². The highest BCUT2D eigenvalue weighted by Gasteiger charge is 2.34. The molecule has 2 atom stereocenters. The number of rotatable bonds is 7. The molecular weight excluding hydrogens is 442 g/mol. The second-order valence-corrected chi connectivity index (χ2v) is 9.72. The van der Waals surface area contributed by atoms with Gasteiger partial charge < -0.3 is 29.5 Å². The summed E-state index contributed by atoms with van der Waals surface area (Å²) in [5.74, 6) is -0.291. The minimum Gasteiger partial charge on any atom is -0.444 e. The standard InChI is InChI=1S/C24H35N3O7/c1-16(14-28)25-21(29)17-5-7-18(8-6-17)27-13-20(33-23(27)31)15-32-19-9-11-26(12-10-19)22(30)34-24(2,3)4/h5-8,16,19-20,28H,9-15H2,1-4H3,(H,25,29)/t16-,20?/m1/s1. The third kappa shape index (κ3) is 7.07. The predicted molar refractivity (Wildman–Crippen MR) is 125 cm³/mol. The Kier molecular flexibility index (Phi) is 8.37. The van der Waals surface area contributed by atoms with Crippen molar-refractivity contribution >= 4 is 23.8 Å². The van der Waals surface area contributed by atoms with Gasteiger partial charge in [-0.1, -0.05) is 0 Å². The van der Waals surface area contributed by atoms with Crippen molar-refractivity contribution in [1.82, 2.24) is 10.2 Å². The average Bonchev–Trinajstić information content (AvgIpc) is 3.17. The summed E-state index contributed by atoms with van der Waals surface area (Å²) in [6.07, 6.45) is 0.219. The molecule has 3 rings (SSSR count). The number of anilines is 1. The van der Waals surface area contributed by atoms with Crippen molar-refractivity contribution in [2.24, 2.45) is 0 Å². The topological polar surface area (TPSA) is 118 Å². The van der Waals surface area contributed by atoms with Gasteiger partial charge in [-0.3, -0.25) is 9.69 Å². The van der Waals surface area contributed by atoms with Gasteiger partial charge in [0.05, 0.1) is 25.9 Å². The third-order valence-corrected chi connectivity index (χ3v) is 5.58. The first-order valence-electron chi connectivity index (χ1n) is 11.6. The molecule has 2 fully saturated rings. The van der Waals surface area contributed by atoms with Gasteiger partial charge in [0.25, 0.3) is 5.91 Å². The van der Waals surface area contributed by atoms with E-state index < -0.39 is 17.8 Å². The van der Waals surface area contributed by atoms with Crippen LogP contribution in [0.15, 0.2) is 24.3 Å². The summed E-state index contributed by atoms with van der Waals surface area (Å²) < 4.78 is 16.8. The Hall–Kier alpha value is -2.85. The molecule has 2 aliphatic rings. The minimum absolute atomic E-state index is 0.00875. The quantitative estimate of drug-likeness (QED) is 0.620. The highest BCUT2D eigenvalue weighted by Crippen LogP contribution is 2.24. The van der Waals surface area contributed by atoms with Crippen LogP contribution in [0.3, 0.4) is 0 Å². The van der Waals surface area contributed by atoms with Gasteiger partial charge in [-0.15, -0.1) is 0 Å². The summed E-state index contributed by atoms with van der Waals surface area (Å²) in [7, 11) is 0. The number of nitrogens with one attached hydrogen (secondary N) is 1. The summed E-state index contributed by atoms with van der Waals surface area (Å²) in [5.41, 5.74) is 0.549. The Balaban J connectivity index is 1.44. The number of hydrogen-bond acceptors (Lipinski definition) is 7. The lowest BCUT2D eigenvalue weighted by Gasteiger charge is -2.33. The normalized spacial score (nSPS) is 20.1. The molecule has 188 valence electrons. The maximum Gasteiger partial charge on any atom is 0.414 e. The summed E-state index contributed by atoms with van der Waals surface area (Å²) in [4.78, 5) is 39.9. The Bertz CT molecular complexity index is 860. The van der Waals surface area contributed by atoms with Gasteiger partial charge in [0.2, 0.25) is 0 Å². The molecule has 0 saturated carbocycles. The van der Waals surface area contributed by atoms with Crippen molar-refractivity contribution in [2.75, 3.05) is 37.7 Å². The number of hydrogen-bond donors (Lipinski definition) is 2. The highest BCUT2D eigenvalue weighted by atomic mass is 16.6. The van der Waals surface area contributed by atoms with Crippen molar-refractivity contribution in [3.8, 4) is 0 Å². The molecule has 10 nitrogen and oxygen atoms in total. The molecule has 0 bridgehead atoms. The van der Waals surface area contributed by atoms with E-state index in [4.69, 9.17) is 19.3 Å². The predicted octanol–water partition coefficient (Wildman–Crippen LogP) is 2.54. The lowest BCUT2D eigenvalue weighted by Crippen LogP contribution is -2.43. The van der Waals surface area contributed by atoms with E-state index in [1.54, 1.807) is 36.1 Å². The molecule has 3 amide bonds. The van der Waals surface area contributed by atoms with E-state index >= 15 is 0 Å². The maximum absolute atomic E-state index is 12.4. The van der Waals surface area contributed by atoms with Gasteiger partial charge in [0.1, 0.15) is 11.7 Å². The largest absolute Gasteiger partial charge is 0.444 e. The molecule has 2 heterocycles. The molecule has 0 spiro atoms. The number of cyclic esters (lactones) is 1. The summed E-state index contributed by atoms with van der Waals surface area (Å²) in [6.45, 7) is 8.85. The highest BCUT2D eigenvalue weighted by molar-refractivity contribution is 5.95. The number of carbonyl (C=O) groups excluding carboxylic acids is 3. The fourth-order valence-electron chi connectivity index (χ4n) is 3.74.